The van der Waals surface area contributed by atoms with Crippen molar-refractivity contribution in [2.45, 2.75) is 6.42 Å². The third-order valence-corrected chi connectivity index (χ3v) is 2.43. The number of amides is 1. The molecule has 0 atom stereocenters. The number of nitrogens with two attached hydrogens (primary N) is 1. The molecule has 0 bridgehead atoms. The van der Waals surface area contributed by atoms with Gasteiger partial charge in [0.25, 0.3) is 0 Å². The fraction of sp³-hybridized carbons (Fsp3) is 0.364. The van der Waals surface area contributed by atoms with E-state index in [2.05, 4.69) is 5.32 Å². The van der Waals surface area contributed by atoms with Crippen molar-refractivity contribution < 1.29 is 14.0 Å². The molecule has 1 fully saturated rings. The number of nitrogens with zero attached hydrogens (tertiary/aromatic N) is 1. The highest BCUT2D eigenvalue weighted by Crippen LogP contribution is 2.16. The van der Waals surface area contributed by atoms with Crippen LogP contribution in [0.25, 0.3) is 0 Å². The maximum absolute atomic E-state index is 12.9. The topological polar surface area (TPSA) is 67.6 Å². The molecule has 92 valence electrons. The Morgan fingerprint density at radius 1 is 1.59 bits per heavy atom. The molecule has 3 N–H and O–H groups in total. The van der Waals surface area contributed by atoms with Crippen molar-refractivity contribution >= 4 is 17.3 Å². The number of benzene rings is 1. The summed E-state index contributed by atoms with van der Waals surface area (Å²) in [6.07, 6.45) is 0.927. The number of hydroxylamine groups is 2. The Bertz CT molecular complexity index is 419. The van der Waals surface area contributed by atoms with E-state index in [-0.39, 0.29) is 18.1 Å². The van der Waals surface area contributed by atoms with Crippen molar-refractivity contribution in [2.24, 2.45) is 0 Å². The quantitative estimate of drug-likeness (QED) is 0.772. The van der Waals surface area contributed by atoms with E-state index in [1.165, 1.54) is 18.2 Å². The Hall–Kier alpha value is -1.66. The fourth-order valence-corrected chi connectivity index (χ4v) is 1.61. The van der Waals surface area contributed by atoms with Crippen LogP contribution >= 0.6 is 0 Å². The molecule has 1 aliphatic heterocycles. The van der Waals surface area contributed by atoms with Crippen LogP contribution in [-0.4, -0.2) is 30.7 Å². The minimum absolute atomic E-state index is 0.0141. The lowest BCUT2D eigenvalue weighted by Gasteiger charge is -2.13. The van der Waals surface area contributed by atoms with Crippen LogP contribution in [0.4, 0.5) is 15.8 Å². The van der Waals surface area contributed by atoms with Crippen molar-refractivity contribution in [1.29, 1.82) is 0 Å². The fourth-order valence-electron chi connectivity index (χ4n) is 1.61. The van der Waals surface area contributed by atoms with Crippen LogP contribution in [0.3, 0.4) is 0 Å². The number of anilines is 2. The standard InChI is InChI=1S/C11H14FN3O2/c12-9-3-2-8(6-10(9)13)14-11(16)7-15-4-1-5-17-15/h2-3,6H,1,4-5,7,13H2,(H,14,16). The van der Waals surface area contributed by atoms with Gasteiger partial charge in [0.2, 0.25) is 5.91 Å². The monoisotopic (exact) mass is 239 g/mol. The summed E-state index contributed by atoms with van der Waals surface area (Å²) in [5.74, 6) is -0.705. The summed E-state index contributed by atoms with van der Waals surface area (Å²) < 4.78 is 12.9. The summed E-state index contributed by atoms with van der Waals surface area (Å²) in [5.41, 5.74) is 5.89. The molecule has 0 spiro atoms. The molecular weight excluding hydrogens is 225 g/mol. The molecule has 5 nitrogen and oxygen atoms in total. The summed E-state index contributed by atoms with van der Waals surface area (Å²) in [6.45, 7) is 1.56. The van der Waals surface area contributed by atoms with Crippen LogP contribution in [-0.2, 0) is 9.63 Å². The Balaban J connectivity index is 1.90. The summed E-state index contributed by atoms with van der Waals surface area (Å²) in [7, 11) is 0. The molecule has 0 aliphatic carbocycles. The normalized spacial score (nSPS) is 16.1. The first-order valence-corrected chi connectivity index (χ1v) is 5.38. The molecule has 6 heteroatoms. The van der Waals surface area contributed by atoms with Crippen LogP contribution in [0.15, 0.2) is 18.2 Å². The molecule has 1 aromatic rings. The molecular formula is C11H14FN3O2. The van der Waals surface area contributed by atoms with Crippen molar-refractivity contribution in [3.05, 3.63) is 24.0 Å². The minimum Gasteiger partial charge on any atom is -0.396 e. The van der Waals surface area contributed by atoms with Crippen LogP contribution in [0.2, 0.25) is 0 Å². The SMILES string of the molecule is Nc1cc(NC(=O)CN2CCCO2)ccc1F. The maximum Gasteiger partial charge on any atom is 0.240 e. The van der Waals surface area contributed by atoms with Gasteiger partial charge >= 0.3 is 0 Å². The zero-order valence-corrected chi connectivity index (χ0v) is 9.28. The van der Waals surface area contributed by atoms with E-state index in [0.29, 0.717) is 12.3 Å². The average Bonchev–Trinajstić information content (AvgIpc) is 2.76. The number of rotatable bonds is 3. The lowest BCUT2D eigenvalue weighted by atomic mass is 10.2. The number of carbonyl (C=O) groups is 1. The number of nitrogen functional groups attached to an aromatic ring is 1. The van der Waals surface area contributed by atoms with E-state index in [1.54, 1.807) is 5.06 Å². The van der Waals surface area contributed by atoms with Gasteiger partial charge in [0.1, 0.15) is 12.4 Å². The molecule has 1 heterocycles. The lowest BCUT2D eigenvalue weighted by molar-refractivity contribution is -0.137. The molecule has 1 saturated heterocycles. The second kappa shape index (κ2) is 5.11. The van der Waals surface area contributed by atoms with E-state index < -0.39 is 5.82 Å². The Morgan fingerprint density at radius 2 is 2.41 bits per heavy atom. The average molecular weight is 239 g/mol. The Kier molecular flexibility index (Phi) is 3.55. The second-order valence-corrected chi connectivity index (χ2v) is 3.83. The number of hydrogen-bond acceptors (Lipinski definition) is 4. The van der Waals surface area contributed by atoms with Gasteiger partial charge < -0.3 is 11.1 Å². The third-order valence-electron chi connectivity index (χ3n) is 2.43. The predicted octanol–water partition coefficient (Wildman–Crippen LogP) is 0.984. The van der Waals surface area contributed by atoms with E-state index in [0.717, 1.165) is 13.0 Å². The molecule has 0 saturated carbocycles. The maximum atomic E-state index is 12.9. The van der Waals surface area contributed by atoms with Crippen molar-refractivity contribution in [3.8, 4) is 0 Å². The van der Waals surface area contributed by atoms with Gasteiger partial charge in [-0.1, -0.05) is 0 Å². The zero-order valence-electron chi connectivity index (χ0n) is 9.28. The van der Waals surface area contributed by atoms with Crippen LogP contribution in [0.1, 0.15) is 6.42 Å². The van der Waals surface area contributed by atoms with Gasteiger partial charge in [0, 0.05) is 12.2 Å². The van der Waals surface area contributed by atoms with E-state index in [4.69, 9.17) is 10.6 Å². The molecule has 2 rings (SSSR count). The molecule has 0 unspecified atom stereocenters. The first-order chi connectivity index (χ1) is 8.15. The zero-order chi connectivity index (χ0) is 12.3. The molecule has 1 aliphatic rings. The van der Waals surface area contributed by atoms with Gasteiger partial charge in [-0.05, 0) is 24.6 Å². The van der Waals surface area contributed by atoms with Crippen molar-refractivity contribution in [3.63, 3.8) is 0 Å². The largest absolute Gasteiger partial charge is 0.396 e. The van der Waals surface area contributed by atoms with E-state index >= 15 is 0 Å². The van der Waals surface area contributed by atoms with Crippen molar-refractivity contribution in [1.82, 2.24) is 5.06 Å². The number of halogens is 1. The van der Waals surface area contributed by atoms with Gasteiger partial charge in [-0.2, -0.15) is 5.06 Å². The molecule has 0 radical (unpaired) electrons. The highest BCUT2D eigenvalue weighted by molar-refractivity contribution is 5.92. The van der Waals surface area contributed by atoms with Gasteiger partial charge in [-0.3, -0.25) is 9.63 Å². The smallest absolute Gasteiger partial charge is 0.240 e. The lowest BCUT2D eigenvalue weighted by Crippen LogP contribution is -2.30. The third kappa shape index (κ3) is 3.15. The Morgan fingerprint density at radius 3 is 3.06 bits per heavy atom. The molecule has 1 amide bonds. The van der Waals surface area contributed by atoms with Crippen LogP contribution < -0.4 is 11.1 Å². The highest BCUT2D eigenvalue weighted by atomic mass is 19.1. The first-order valence-electron chi connectivity index (χ1n) is 5.38. The number of carbonyl (C=O) groups excluding carboxylic acids is 1. The number of nitrogens with one attached hydrogen (secondary N) is 1. The van der Waals surface area contributed by atoms with Crippen molar-refractivity contribution in [2.75, 3.05) is 30.7 Å². The van der Waals surface area contributed by atoms with E-state index in [9.17, 15) is 9.18 Å². The first kappa shape index (κ1) is 11.8. The van der Waals surface area contributed by atoms with Gasteiger partial charge in [-0.15, -0.1) is 0 Å². The molecule has 0 aromatic heterocycles. The minimum atomic E-state index is -0.495. The summed E-state index contributed by atoms with van der Waals surface area (Å²) in [5, 5.41) is 4.23. The van der Waals surface area contributed by atoms with Gasteiger partial charge in [-0.25, -0.2) is 4.39 Å². The highest BCUT2D eigenvalue weighted by Gasteiger charge is 2.16. The summed E-state index contributed by atoms with van der Waals surface area (Å²) in [6, 6.07) is 4.07. The van der Waals surface area contributed by atoms with E-state index in [1.807, 2.05) is 0 Å². The second-order valence-electron chi connectivity index (χ2n) is 3.83. The summed E-state index contributed by atoms with van der Waals surface area (Å²) >= 11 is 0. The van der Waals surface area contributed by atoms with Gasteiger partial charge in [0.15, 0.2) is 0 Å². The molecule has 17 heavy (non-hydrogen) atoms. The van der Waals surface area contributed by atoms with Crippen LogP contribution in [0.5, 0.6) is 0 Å². The van der Waals surface area contributed by atoms with Gasteiger partial charge in [0.05, 0.1) is 12.3 Å². The number of hydrogen-bond donors (Lipinski definition) is 2. The summed E-state index contributed by atoms with van der Waals surface area (Å²) in [4.78, 5) is 16.8. The molecule has 1 aromatic carbocycles. The Labute approximate surface area is 98.3 Å². The van der Waals surface area contributed by atoms with Crippen LogP contribution in [0, 0.1) is 5.82 Å². The predicted molar refractivity (Wildman–Crippen MR) is 61.6 cm³/mol.